The highest BCUT2D eigenvalue weighted by Gasteiger charge is 2.36. The van der Waals surface area contributed by atoms with Crippen LogP contribution in [0, 0.1) is 5.92 Å². The van der Waals surface area contributed by atoms with Crippen LogP contribution >= 0.6 is 0 Å². The van der Waals surface area contributed by atoms with Crippen LogP contribution in [0.3, 0.4) is 0 Å². The maximum Gasteiger partial charge on any atom is 0.328 e. The fourth-order valence-corrected chi connectivity index (χ4v) is 2.89. The lowest BCUT2D eigenvalue weighted by molar-refractivity contribution is -0.145. The van der Waals surface area contributed by atoms with E-state index in [9.17, 15) is 19.2 Å². The number of hydrogen-bond acceptors (Lipinski definition) is 5. The van der Waals surface area contributed by atoms with Crippen molar-refractivity contribution in [2.75, 3.05) is 18.5 Å². The Labute approximate surface area is 158 Å². The first-order chi connectivity index (χ1) is 13.0. The zero-order valence-electron chi connectivity index (χ0n) is 15.3. The Hall–Kier alpha value is -2.90. The molecule has 1 aromatic carbocycles. The number of carbonyl (C=O) groups excluding carboxylic acids is 4. The predicted molar refractivity (Wildman–Crippen MR) is 98.6 cm³/mol. The summed E-state index contributed by atoms with van der Waals surface area (Å²) in [5.74, 6) is -1.46. The highest BCUT2D eigenvalue weighted by Crippen LogP contribution is 2.22. The molecule has 0 aromatic heterocycles. The van der Waals surface area contributed by atoms with Crippen molar-refractivity contribution < 1.29 is 23.9 Å². The molecule has 0 aliphatic carbocycles. The summed E-state index contributed by atoms with van der Waals surface area (Å²) >= 11 is 0. The zero-order valence-corrected chi connectivity index (χ0v) is 15.3. The molecule has 0 bridgehead atoms. The first-order valence-corrected chi connectivity index (χ1v) is 9.08. The lowest BCUT2D eigenvalue weighted by Gasteiger charge is -2.09. The molecule has 8 nitrogen and oxygen atoms in total. The van der Waals surface area contributed by atoms with E-state index in [0.29, 0.717) is 24.9 Å². The van der Waals surface area contributed by atoms with Gasteiger partial charge in [-0.05, 0) is 38.3 Å². The number of para-hydroxylation sites is 1. The molecule has 8 heteroatoms. The minimum Gasteiger partial charge on any atom is -0.464 e. The van der Waals surface area contributed by atoms with Crippen LogP contribution in [0.4, 0.5) is 5.69 Å². The minimum atomic E-state index is -0.599. The summed E-state index contributed by atoms with van der Waals surface area (Å²) < 4.78 is 4.91. The number of hydrogen-bond donors (Lipinski definition) is 3. The second-order valence-electron chi connectivity index (χ2n) is 6.33. The van der Waals surface area contributed by atoms with Crippen molar-refractivity contribution in [1.29, 1.82) is 0 Å². The van der Waals surface area contributed by atoms with Gasteiger partial charge in [-0.3, -0.25) is 14.4 Å². The topological polar surface area (TPSA) is 114 Å². The Morgan fingerprint density at radius 1 is 1.19 bits per heavy atom. The van der Waals surface area contributed by atoms with Crippen LogP contribution in [0.25, 0.3) is 0 Å². The van der Waals surface area contributed by atoms with Gasteiger partial charge in [-0.15, -0.1) is 0 Å². The van der Waals surface area contributed by atoms with Crippen LogP contribution in [-0.4, -0.2) is 42.9 Å². The monoisotopic (exact) mass is 375 g/mol. The molecule has 1 aromatic rings. The second-order valence-corrected chi connectivity index (χ2v) is 6.33. The van der Waals surface area contributed by atoms with Crippen molar-refractivity contribution in [3.63, 3.8) is 0 Å². The third kappa shape index (κ3) is 6.73. The van der Waals surface area contributed by atoms with Crippen LogP contribution in [0.2, 0.25) is 0 Å². The lowest BCUT2D eigenvalue weighted by atomic mass is 9.98. The quantitative estimate of drug-likeness (QED) is 0.557. The molecule has 3 N–H and O–H groups in total. The normalized spacial score (nSPS) is 18.5. The zero-order chi connectivity index (χ0) is 19.6. The Morgan fingerprint density at radius 2 is 1.93 bits per heavy atom. The third-order valence-electron chi connectivity index (χ3n) is 4.24. The summed E-state index contributed by atoms with van der Waals surface area (Å²) in [5, 5.41) is 7.86. The predicted octanol–water partition coefficient (Wildman–Crippen LogP) is 0.979. The number of esters is 1. The standard InChI is InChI=1S/C19H25N3O5/c1-2-27-19(26)15-11-13(18(25)22-15)7-6-10-16(23)20-12-17(24)21-14-8-4-3-5-9-14/h3-5,8-9,13,15H,2,6-7,10-12H2,1H3,(H,20,23)(H,21,24)(H,22,25)/t13-,15+/m1/s1. The van der Waals surface area contributed by atoms with Gasteiger partial charge in [0.15, 0.2) is 0 Å². The number of nitrogens with one attached hydrogen (secondary N) is 3. The molecule has 1 heterocycles. The summed E-state index contributed by atoms with van der Waals surface area (Å²) in [7, 11) is 0. The van der Waals surface area contributed by atoms with Crippen LogP contribution in [0.15, 0.2) is 30.3 Å². The molecule has 2 atom stereocenters. The summed E-state index contributed by atoms with van der Waals surface area (Å²) in [6, 6.07) is 8.38. The van der Waals surface area contributed by atoms with Crippen molar-refractivity contribution in [1.82, 2.24) is 10.6 Å². The molecule has 0 saturated carbocycles. The third-order valence-corrected chi connectivity index (χ3v) is 4.24. The van der Waals surface area contributed by atoms with Gasteiger partial charge in [-0.2, -0.15) is 0 Å². The van der Waals surface area contributed by atoms with E-state index in [4.69, 9.17) is 4.74 Å². The number of anilines is 1. The molecule has 2 rings (SSSR count). The van der Waals surface area contributed by atoms with E-state index in [2.05, 4.69) is 16.0 Å². The Balaban J connectivity index is 1.62. The summed E-state index contributed by atoms with van der Waals surface area (Å²) in [5.41, 5.74) is 0.667. The van der Waals surface area contributed by atoms with Crippen LogP contribution < -0.4 is 16.0 Å². The second kappa shape index (κ2) is 10.3. The van der Waals surface area contributed by atoms with Gasteiger partial charge in [0, 0.05) is 18.0 Å². The first kappa shape index (κ1) is 20.4. The number of rotatable bonds is 9. The smallest absolute Gasteiger partial charge is 0.328 e. The molecule has 3 amide bonds. The molecule has 1 saturated heterocycles. The van der Waals surface area contributed by atoms with Gasteiger partial charge in [0.05, 0.1) is 13.2 Å². The van der Waals surface area contributed by atoms with Gasteiger partial charge in [-0.1, -0.05) is 18.2 Å². The molecule has 146 valence electrons. The minimum absolute atomic E-state index is 0.109. The Kier molecular flexibility index (Phi) is 7.79. The van der Waals surface area contributed by atoms with Gasteiger partial charge in [0.1, 0.15) is 6.04 Å². The van der Waals surface area contributed by atoms with E-state index in [1.165, 1.54) is 0 Å². The van der Waals surface area contributed by atoms with Crippen molar-refractivity contribution >= 4 is 29.4 Å². The van der Waals surface area contributed by atoms with Crippen molar-refractivity contribution in [3.8, 4) is 0 Å². The van der Waals surface area contributed by atoms with Gasteiger partial charge >= 0.3 is 5.97 Å². The molecule has 1 fully saturated rings. The van der Waals surface area contributed by atoms with Gasteiger partial charge < -0.3 is 20.7 Å². The molecule has 0 radical (unpaired) electrons. The summed E-state index contributed by atoms with van der Waals surface area (Å²) in [6.45, 7) is 1.88. The number of ether oxygens (including phenoxy) is 1. The fourth-order valence-electron chi connectivity index (χ4n) is 2.89. The summed E-state index contributed by atoms with van der Waals surface area (Å²) in [6.07, 6.45) is 1.61. The Bertz CT molecular complexity index is 677. The van der Waals surface area contributed by atoms with Crippen molar-refractivity contribution in [3.05, 3.63) is 30.3 Å². The molecular weight excluding hydrogens is 350 g/mol. The number of carbonyl (C=O) groups is 4. The van der Waals surface area contributed by atoms with E-state index >= 15 is 0 Å². The van der Waals surface area contributed by atoms with Gasteiger partial charge in [-0.25, -0.2) is 4.79 Å². The fraction of sp³-hybridized carbons (Fsp3) is 0.474. The van der Waals surface area contributed by atoms with E-state index in [1.807, 2.05) is 6.07 Å². The Morgan fingerprint density at radius 3 is 2.63 bits per heavy atom. The van der Waals surface area contributed by atoms with Crippen LogP contribution in [-0.2, 0) is 23.9 Å². The molecule has 0 unspecified atom stereocenters. The SMILES string of the molecule is CCOC(=O)[C@@H]1C[C@@H](CCCC(=O)NCC(=O)Nc2ccccc2)C(=O)N1. The van der Waals surface area contributed by atoms with Gasteiger partial charge in [0.25, 0.3) is 0 Å². The highest BCUT2D eigenvalue weighted by molar-refractivity contribution is 5.94. The van der Waals surface area contributed by atoms with Gasteiger partial charge in [0.2, 0.25) is 17.7 Å². The van der Waals surface area contributed by atoms with Crippen LogP contribution in [0.1, 0.15) is 32.6 Å². The maximum absolute atomic E-state index is 11.9. The van der Waals surface area contributed by atoms with Crippen molar-refractivity contribution in [2.45, 2.75) is 38.6 Å². The van der Waals surface area contributed by atoms with Crippen molar-refractivity contribution in [2.24, 2.45) is 5.92 Å². The summed E-state index contributed by atoms with van der Waals surface area (Å²) in [4.78, 5) is 47.2. The lowest BCUT2D eigenvalue weighted by Crippen LogP contribution is -2.34. The number of amides is 3. The van der Waals surface area contributed by atoms with E-state index in [0.717, 1.165) is 0 Å². The van der Waals surface area contributed by atoms with E-state index in [-0.39, 0.29) is 43.2 Å². The molecule has 1 aliphatic rings. The molecule has 1 aliphatic heterocycles. The average Bonchev–Trinajstić information content (AvgIpc) is 3.02. The largest absolute Gasteiger partial charge is 0.464 e. The average molecular weight is 375 g/mol. The molecule has 27 heavy (non-hydrogen) atoms. The first-order valence-electron chi connectivity index (χ1n) is 9.08. The van der Waals surface area contributed by atoms with E-state index < -0.39 is 12.0 Å². The van der Waals surface area contributed by atoms with Crippen LogP contribution in [0.5, 0.6) is 0 Å². The molecular formula is C19H25N3O5. The highest BCUT2D eigenvalue weighted by atomic mass is 16.5. The van der Waals surface area contributed by atoms with E-state index in [1.54, 1.807) is 31.2 Å². The maximum atomic E-state index is 11.9. The number of benzene rings is 1. The molecule has 0 spiro atoms.